The fraction of sp³-hybridized carbons (Fsp3) is 0.526. The summed E-state index contributed by atoms with van der Waals surface area (Å²) in [5, 5.41) is 12.7. The first-order chi connectivity index (χ1) is 13.0. The zero-order chi connectivity index (χ0) is 19.8. The predicted octanol–water partition coefficient (Wildman–Crippen LogP) is 3.08. The van der Waals surface area contributed by atoms with Gasteiger partial charge in [-0.05, 0) is 38.8 Å². The molecule has 0 saturated heterocycles. The summed E-state index contributed by atoms with van der Waals surface area (Å²) in [4.78, 5) is 27.8. The van der Waals surface area contributed by atoms with E-state index in [1.807, 2.05) is 6.07 Å². The third-order valence-corrected chi connectivity index (χ3v) is 5.27. The van der Waals surface area contributed by atoms with Crippen molar-refractivity contribution in [3.8, 4) is 6.07 Å². The zero-order valence-electron chi connectivity index (χ0n) is 16.0. The summed E-state index contributed by atoms with van der Waals surface area (Å²) >= 11 is 1.46. The minimum atomic E-state index is -0.694. The van der Waals surface area contributed by atoms with E-state index in [9.17, 15) is 9.59 Å². The molecule has 2 rings (SSSR count). The van der Waals surface area contributed by atoms with E-state index in [0.717, 1.165) is 42.9 Å². The van der Waals surface area contributed by atoms with Crippen molar-refractivity contribution in [2.45, 2.75) is 40.2 Å². The van der Waals surface area contributed by atoms with Gasteiger partial charge < -0.3 is 14.8 Å². The van der Waals surface area contributed by atoms with E-state index in [-0.39, 0.29) is 24.8 Å². The van der Waals surface area contributed by atoms with Crippen LogP contribution in [0.15, 0.2) is 11.8 Å². The maximum absolute atomic E-state index is 12.5. The second-order valence-corrected chi connectivity index (χ2v) is 7.09. The molecule has 0 amide bonds. The maximum atomic E-state index is 12.5. The molecule has 1 aromatic heterocycles. The average molecular weight is 391 g/mol. The molecule has 0 unspecified atom stereocenters. The van der Waals surface area contributed by atoms with E-state index in [0.29, 0.717) is 10.6 Å². The van der Waals surface area contributed by atoms with Crippen molar-refractivity contribution in [3.63, 3.8) is 0 Å². The number of fused-ring (bicyclic) bond motifs is 1. The Bertz CT molecular complexity index is 764. The van der Waals surface area contributed by atoms with Gasteiger partial charge >= 0.3 is 11.9 Å². The molecule has 1 aliphatic rings. The Morgan fingerprint density at radius 1 is 1.30 bits per heavy atom. The van der Waals surface area contributed by atoms with Crippen molar-refractivity contribution < 1.29 is 19.1 Å². The molecule has 0 saturated carbocycles. The third-order valence-electron chi connectivity index (χ3n) is 4.12. The van der Waals surface area contributed by atoms with Crippen LogP contribution in [0.2, 0.25) is 0 Å². The van der Waals surface area contributed by atoms with Crippen LogP contribution in [-0.4, -0.2) is 43.1 Å². The summed E-state index contributed by atoms with van der Waals surface area (Å²) in [6, 6.07) is 1.82. The number of anilines is 1. The third kappa shape index (κ3) is 5.08. The first-order valence-corrected chi connectivity index (χ1v) is 9.95. The van der Waals surface area contributed by atoms with Crippen LogP contribution in [0.1, 0.15) is 48.0 Å². The molecular weight excluding hydrogens is 366 g/mol. The number of nitrogens with one attached hydrogen (secondary N) is 1. The number of ether oxygens (including phenoxy) is 2. The second-order valence-electron chi connectivity index (χ2n) is 5.99. The molecule has 146 valence electrons. The van der Waals surface area contributed by atoms with Gasteiger partial charge in [0.25, 0.3) is 0 Å². The molecule has 0 atom stereocenters. The Labute approximate surface area is 163 Å². The smallest absolute Gasteiger partial charge is 0.350 e. The van der Waals surface area contributed by atoms with Crippen molar-refractivity contribution in [1.29, 1.82) is 5.26 Å². The first kappa shape index (κ1) is 20.9. The van der Waals surface area contributed by atoms with Gasteiger partial charge in [-0.3, -0.25) is 4.90 Å². The van der Waals surface area contributed by atoms with Gasteiger partial charge in [-0.15, -0.1) is 11.3 Å². The molecular formula is C19H25N3O4S. The largest absolute Gasteiger partial charge is 0.462 e. The Morgan fingerprint density at radius 3 is 2.67 bits per heavy atom. The molecule has 1 N–H and O–H groups in total. The Morgan fingerprint density at radius 2 is 2.04 bits per heavy atom. The van der Waals surface area contributed by atoms with Crippen LogP contribution in [0.3, 0.4) is 0 Å². The Kier molecular flexibility index (Phi) is 7.82. The fourth-order valence-electron chi connectivity index (χ4n) is 2.97. The van der Waals surface area contributed by atoms with E-state index in [1.165, 1.54) is 17.5 Å². The molecule has 7 nitrogen and oxygen atoms in total. The van der Waals surface area contributed by atoms with Gasteiger partial charge in [0.05, 0.1) is 18.8 Å². The molecule has 2 heterocycles. The van der Waals surface area contributed by atoms with Gasteiger partial charge in [-0.25, -0.2) is 9.59 Å². The van der Waals surface area contributed by atoms with E-state index in [1.54, 1.807) is 13.8 Å². The van der Waals surface area contributed by atoms with Crippen LogP contribution in [0.25, 0.3) is 0 Å². The van der Waals surface area contributed by atoms with Crippen molar-refractivity contribution in [2.75, 3.05) is 31.6 Å². The lowest BCUT2D eigenvalue weighted by Gasteiger charge is -2.26. The van der Waals surface area contributed by atoms with Gasteiger partial charge in [0.15, 0.2) is 5.57 Å². The van der Waals surface area contributed by atoms with Gasteiger partial charge in [0.2, 0.25) is 0 Å². The van der Waals surface area contributed by atoms with Gasteiger partial charge in [-0.2, -0.15) is 5.26 Å². The molecule has 27 heavy (non-hydrogen) atoms. The minimum absolute atomic E-state index is 0.148. The molecule has 1 aromatic rings. The van der Waals surface area contributed by atoms with Crippen LogP contribution in [0.5, 0.6) is 0 Å². The molecule has 8 heteroatoms. The van der Waals surface area contributed by atoms with Crippen molar-refractivity contribution in [1.82, 2.24) is 4.90 Å². The lowest BCUT2D eigenvalue weighted by Crippen LogP contribution is -2.30. The molecule has 0 aromatic carbocycles. The van der Waals surface area contributed by atoms with E-state index in [2.05, 4.69) is 17.1 Å². The summed E-state index contributed by atoms with van der Waals surface area (Å²) in [5.74, 6) is -1.08. The first-order valence-electron chi connectivity index (χ1n) is 9.13. The molecule has 0 radical (unpaired) electrons. The monoisotopic (exact) mass is 391 g/mol. The number of carbonyl (C=O) groups excluding carboxylic acids is 2. The van der Waals surface area contributed by atoms with Crippen LogP contribution in [-0.2, 0) is 27.2 Å². The topological polar surface area (TPSA) is 91.7 Å². The number of rotatable bonds is 8. The summed E-state index contributed by atoms with van der Waals surface area (Å²) in [6.07, 6.45) is 3.14. The fourth-order valence-corrected chi connectivity index (χ4v) is 4.22. The quantitative estimate of drug-likeness (QED) is 0.414. The molecule has 0 fully saturated rings. The lowest BCUT2D eigenvalue weighted by atomic mass is 10.0. The average Bonchev–Trinajstić information content (AvgIpc) is 3.00. The highest BCUT2D eigenvalue weighted by Crippen LogP contribution is 2.37. The highest BCUT2D eigenvalue weighted by Gasteiger charge is 2.28. The van der Waals surface area contributed by atoms with Gasteiger partial charge in [0, 0.05) is 24.2 Å². The molecule has 1 aliphatic heterocycles. The van der Waals surface area contributed by atoms with Crippen LogP contribution in [0, 0.1) is 11.3 Å². The van der Waals surface area contributed by atoms with Gasteiger partial charge in [0.1, 0.15) is 11.1 Å². The number of carbonyl (C=O) groups is 2. The Hall–Kier alpha value is -2.37. The predicted molar refractivity (Wildman–Crippen MR) is 103 cm³/mol. The summed E-state index contributed by atoms with van der Waals surface area (Å²) in [7, 11) is 0. The minimum Gasteiger partial charge on any atom is -0.462 e. The SMILES string of the molecule is CCCN1CCc2c(sc(N/C=C(\C#N)C(=O)OCC)c2C(=O)OCC)C1. The summed E-state index contributed by atoms with van der Waals surface area (Å²) in [5.41, 5.74) is 1.35. The number of nitrogens with zero attached hydrogens (tertiary/aromatic N) is 2. The number of thiophene rings is 1. The van der Waals surface area contributed by atoms with E-state index < -0.39 is 5.97 Å². The zero-order valence-corrected chi connectivity index (χ0v) is 16.8. The van der Waals surface area contributed by atoms with Crippen molar-refractivity contribution in [3.05, 3.63) is 27.8 Å². The Balaban J connectivity index is 2.33. The highest BCUT2D eigenvalue weighted by molar-refractivity contribution is 7.16. The lowest BCUT2D eigenvalue weighted by molar-refractivity contribution is -0.138. The number of esters is 2. The van der Waals surface area contributed by atoms with Crippen LogP contribution in [0.4, 0.5) is 5.00 Å². The van der Waals surface area contributed by atoms with Crippen molar-refractivity contribution >= 4 is 28.3 Å². The number of nitriles is 1. The van der Waals surface area contributed by atoms with E-state index >= 15 is 0 Å². The summed E-state index contributed by atoms with van der Waals surface area (Å²) < 4.78 is 10.1. The van der Waals surface area contributed by atoms with E-state index in [4.69, 9.17) is 14.7 Å². The van der Waals surface area contributed by atoms with Crippen LogP contribution >= 0.6 is 11.3 Å². The standard InChI is InChI=1S/C19H25N3O4S/c1-4-8-22-9-7-14-15(12-22)27-17(16(14)19(24)26-6-3)21-11-13(10-20)18(23)25-5-2/h11,21H,4-9,12H2,1-3H3/b13-11+. The molecule has 0 bridgehead atoms. The number of hydrogen-bond acceptors (Lipinski definition) is 8. The van der Waals surface area contributed by atoms with Crippen molar-refractivity contribution in [2.24, 2.45) is 0 Å². The highest BCUT2D eigenvalue weighted by atomic mass is 32.1. The van der Waals surface area contributed by atoms with Crippen LogP contribution < -0.4 is 5.32 Å². The number of hydrogen-bond donors (Lipinski definition) is 1. The second kappa shape index (κ2) is 10.1. The maximum Gasteiger partial charge on any atom is 0.350 e. The molecule has 0 spiro atoms. The summed E-state index contributed by atoms with van der Waals surface area (Å²) in [6.45, 7) is 8.75. The van der Waals surface area contributed by atoms with Gasteiger partial charge in [-0.1, -0.05) is 6.92 Å². The molecule has 0 aliphatic carbocycles. The normalized spacial score (nSPS) is 14.2.